The predicted molar refractivity (Wildman–Crippen MR) is 101 cm³/mol. The summed E-state index contributed by atoms with van der Waals surface area (Å²) in [6.45, 7) is 6.89. The first-order valence-corrected chi connectivity index (χ1v) is 9.38. The summed E-state index contributed by atoms with van der Waals surface area (Å²) in [4.78, 5) is 18.5. The van der Waals surface area contributed by atoms with E-state index in [1.54, 1.807) is 12.0 Å². The zero-order chi connectivity index (χ0) is 20.1. The number of benzene rings is 1. The number of likely N-dealkylation sites (tertiary alicyclic amines) is 1. The molecule has 1 aromatic carbocycles. The molecule has 0 aliphatic carbocycles. The van der Waals surface area contributed by atoms with E-state index < -0.39 is 5.60 Å². The van der Waals surface area contributed by atoms with E-state index in [0.717, 1.165) is 18.4 Å². The van der Waals surface area contributed by atoms with Gasteiger partial charge in [-0.25, -0.2) is 4.79 Å². The number of methoxy groups -OCH3 is 1. The van der Waals surface area contributed by atoms with Crippen LogP contribution in [0, 0.1) is 0 Å². The molecule has 1 amide bonds. The monoisotopic (exact) mass is 389 g/mol. The highest BCUT2D eigenvalue weighted by Crippen LogP contribution is 2.31. The lowest BCUT2D eigenvalue weighted by atomic mass is 10.2. The summed E-state index contributed by atoms with van der Waals surface area (Å²) >= 11 is 0. The molecule has 0 saturated carbocycles. The van der Waals surface area contributed by atoms with Crippen LogP contribution in [0.25, 0.3) is 0 Å². The molecule has 1 aliphatic heterocycles. The molecule has 3 rings (SSSR count). The minimum atomic E-state index is -0.542. The maximum absolute atomic E-state index is 12.4. The Morgan fingerprint density at radius 1 is 1.25 bits per heavy atom. The molecule has 1 atom stereocenters. The highest BCUT2D eigenvalue weighted by molar-refractivity contribution is 5.69. The van der Waals surface area contributed by atoms with E-state index in [1.807, 2.05) is 45.0 Å². The Balaban J connectivity index is 1.59. The van der Waals surface area contributed by atoms with Crippen molar-refractivity contribution in [1.29, 1.82) is 0 Å². The normalized spacial score (nSPS) is 17.0. The quantitative estimate of drug-likeness (QED) is 0.741. The van der Waals surface area contributed by atoms with Crippen molar-refractivity contribution >= 4 is 6.09 Å². The van der Waals surface area contributed by atoms with Crippen molar-refractivity contribution in [3.63, 3.8) is 0 Å². The SMILES string of the molecule is COCc1ccc(OCc2nc([C@@H]3CCCN3C(=O)OC(C)(C)C)no2)cc1. The molecule has 0 N–H and O–H groups in total. The maximum atomic E-state index is 12.4. The Labute approximate surface area is 164 Å². The van der Waals surface area contributed by atoms with Gasteiger partial charge in [0.05, 0.1) is 12.6 Å². The van der Waals surface area contributed by atoms with Gasteiger partial charge in [0, 0.05) is 13.7 Å². The number of hydrogen-bond acceptors (Lipinski definition) is 7. The van der Waals surface area contributed by atoms with Gasteiger partial charge >= 0.3 is 6.09 Å². The van der Waals surface area contributed by atoms with Gasteiger partial charge in [0.1, 0.15) is 11.4 Å². The summed E-state index contributed by atoms with van der Waals surface area (Å²) < 4.78 is 21.6. The third-order valence-electron chi connectivity index (χ3n) is 4.26. The number of hydrogen-bond donors (Lipinski definition) is 0. The van der Waals surface area contributed by atoms with Crippen LogP contribution < -0.4 is 4.74 Å². The molecule has 2 aromatic rings. The second-order valence-electron chi connectivity index (χ2n) is 7.74. The minimum Gasteiger partial charge on any atom is -0.484 e. The Bertz CT molecular complexity index is 782. The smallest absolute Gasteiger partial charge is 0.410 e. The van der Waals surface area contributed by atoms with E-state index in [-0.39, 0.29) is 18.7 Å². The first-order valence-electron chi connectivity index (χ1n) is 9.38. The van der Waals surface area contributed by atoms with Crippen LogP contribution in [-0.2, 0) is 22.7 Å². The van der Waals surface area contributed by atoms with Crippen molar-refractivity contribution in [1.82, 2.24) is 15.0 Å². The van der Waals surface area contributed by atoms with Crippen LogP contribution in [-0.4, -0.2) is 40.4 Å². The lowest BCUT2D eigenvalue weighted by Gasteiger charge is -2.27. The third kappa shape index (κ3) is 5.22. The molecule has 0 radical (unpaired) electrons. The van der Waals surface area contributed by atoms with Crippen molar-refractivity contribution in [3.05, 3.63) is 41.5 Å². The van der Waals surface area contributed by atoms with Gasteiger partial charge in [-0.1, -0.05) is 17.3 Å². The van der Waals surface area contributed by atoms with E-state index in [0.29, 0.717) is 30.6 Å². The average molecular weight is 389 g/mol. The number of nitrogens with zero attached hydrogens (tertiary/aromatic N) is 3. The number of rotatable bonds is 6. The van der Waals surface area contributed by atoms with Gasteiger partial charge in [-0.2, -0.15) is 4.98 Å². The first kappa shape index (κ1) is 20.1. The Morgan fingerprint density at radius 3 is 2.68 bits per heavy atom. The van der Waals surface area contributed by atoms with E-state index in [1.165, 1.54) is 0 Å². The number of amides is 1. The van der Waals surface area contributed by atoms with Crippen molar-refractivity contribution < 1.29 is 23.5 Å². The molecule has 0 spiro atoms. The van der Waals surface area contributed by atoms with Crippen molar-refractivity contribution in [3.8, 4) is 5.75 Å². The first-order chi connectivity index (χ1) is 13.4. The molecule has 1 fully saturated rings. The summed E-state index contributed by atoms with van der Waals surface area (Å²) in [5, 5.41) is 4.05. The molecule has 152 valence electrons. The van der Waals surface area contributed by atoms with Gasteiger partial charge in [0.25, 0.3) is 5.89 Å². The molecule has 1 aliphatic rings. The van der Waals surface area contributed by atoms with Crippen molar-refractivity contribution in [2.75, 3.05) is 13.7 Å². The average Bonchev–Trinajstić information content (AvgIpc) is 3.29. The summed E-state index contributed by atoms with van der Waals surface area (Å²) in [6, 6.07) is 7.38. The Hall–Kier alpha value is -2.61. The van der Waals surface area contributed by atoms with Crippen LogP contribution in [0.15, 0.2) is 28.8 Å². The fourth-order valence-corrected chi connectivity index (χ4v) is 3.03. The molecule has 1 saturated heterocycles. The zero-order valence-electron chi connectivity index (χ0n) is 16.8. The van der Waals surface area contributed by atoms with E-state index in [4.69, 9.17) is 18.7 Å². The summed E-state index contributed by atoms with van der Waals surface area (Å²) in [6.07, 6.45) is 1.30. The van der Waals surface area contributed by atoms with Gasteiger partial charge in [0.15, 0.2) is 12.4 Å². The van der Waals surface area contributed by atoms with Crippen LogP contribution in [0.3, 0.4) is 0 Å². The Kier molecular flexibility index (Phi) is 6.18. The topological polar surface area (TPSA) is 86.9 Å². The fraction of sp³-hybridized carbons (Fsp3) is 0.550. The second kappa shape index (κ2) is 8.60. The summed E-state index contributed by atoms with van der Waals surface area (Å²) in [5.41, 5.74) is 0.526. The lowest BCUT2D eigenvalue weighted by molar-refractivity contribution is 0.0217. The van der Waals surface area contributed by atoms with Crippen LogP contribution in [0.2, 0.25) is 0 Å². The summed E-state index contributed by atoms with van der Waals surface area (Å²) in [5.74, 6) is 1.56. The highest BCUT2D eigenvalue weighted by Gasteiger charge is 2.36. The van der Waals surface area contributed by atoms with Gasteiger partial charge in [0.2, 0.25) is 0 Å². The maximum Gasteiger partial charge on any atom is 0.410 e. The van der Waals surface area contributed by atoms with Gasteiger partial charge in [-0.15, -0.1) is 0 Å². The molecule has 0 unspecified atom stereocenters. The van der Waals surface area contributed by atoms with Gasteiger partial charge in [-0.3, -0.25) is 4.90 Å². The molecule has 28 heavy (non-hydrogen) atoms. The van der Waals surface area contributed by atoms with Crippen LogP contribution in [0.1, 0.15) is 56.9 Å². The van der Waals surface area contributed by atoms with Crippen molar-refractivity contribution in [2.45, 2.75) is 58.5 Å². The predicted octanol–water partition coefficient (Wildman–Crippen LogP) is 3.87. The third-order valence-corrected chi connectivity index (χ3v) is 4.26. The van der Waals surface area contributed by atoms with Gasteiger partial charge in [-0.05, 0) is 51.3 Å². The fourth-order valence-electron chi connectivity index (χ4n) is 3.03. The van der Waals surface area contributed by atoms with E-state index in [9.17, 15) is 4.79 Å². The molecule has 2 heterocycles. The number of aromatic nitrogens is 2. The summed E-state index contributed by atoms with van der Waals surface area (Å²) in [7, 11) is 1.66. The molecular weight excluding hydrogens is 362 g/mol. The van der Waals surface area contributed by atoms with E-state index in [2.05, 4.69) is 10.1 Å². The second-order valence-corrected chi connectivity index (χ2v) is 7.74. The van der Waals surface area contributed by atoms with Crippen LogP contribution >= 0.6 is 0 Å². The number of carbonyl (C=O) groups excluding carboxylic acids is 1. The molecule has 8 heteroatoms. The molecule has 1 aromatic heterocycles. The van der Waals surface area contributed by atoms with Crippen molar-refractivity contribution in [2.24, 2.45) is 0 Å². The van der Waals surface area contributed by atoms with Crippen LogP contribution in [0.5, 0.6) is 5.75 Å². The Morgan fingerprint density at radius 2 is 2.00 bits per heavy atom. The largest absolute Gasteiger partial charge is 0.484 e. The number of ether oxygens (including phenoxy) is 3. The van der Waals surface area contributed by atoms with Gasteiger partial charge < -0.3 is 18.7 Å². The standard InChI is InChI=1S/C20H27N3O5/c1-20(2,3)27-19(24)23-11-5-6-16(23)18-21-17(28-22-18)13-26-15-9-7-14(8-10-15)12-25-4/h7-10,16H,5-6,11-13H2,1-4H3/t16-/m0/s1. The zero-order valence-corrected chi connectivity index (χ0v) is 16.8. The van der Waals surface area contributed by atoms with Crippen LogP contribution in [0.4, 0.5) is 4.79 Å². The molecular formula is C20H27N3O5. The lowest BCUT2D eigenvalue weighted by Crippen LogP contribution is -2.36. The minimum absolute atomic E-state index is 0.162. The van der Waals surface area contributed by atoms with E-state index >= 15 is 0 Å². The molecule has 8 nitrogen and oxygen atoms in total. The molecule has 0 bridgehead atoms. The number of carbonyl (C=O) groups is 1. The highest BCUT2D eigenvalue weighted by atomic mass is 16.6.